The highest BCUT2D eigenvalue weighted by molar-refractivity contribution is 5.97. The average molecular weight is 413 g/mol. The average Bonchev–Trinajstić information content (AvgIpc) is 2.65. The lowest BCUT2D eigenvalue weighted by Gasteiger charge is -2.21. The third-order valence-electron chi connectivity index (χ3n) is 4.13. The Bertz CT molecular complexity index is 629. The number of carbonyl (C=O) groups excluding carboxylic acids is 3. The van der Waals surface area contributed by atoms with Gasteiger partial charge in [0.05, 0.1) is 12.6 Å². The molecule has 0 heterocycles. The molecule has 0 aliphatic rings. The van der Waals surface area contributed by atoms with E-state index in [1.54, 1.807) is 24.3 Å². The molecule has 0 bridgehead atoms. The summed E-state index contributed by atoms with van der Waals surface area (Å²) in [6.45, 7) is 9.07. The Morgan fingerprint density at radius 3 is 2.04 bits per heavy atom. The zero-order valence-corrected chi connectivity index (χ0v) is 18.0. The third kappa shape index (κ3) is 8.27. The molecule has 1 aromatic rings. The Labute approximate surface area is 173 Å². The lowest BCUT2D eigenvalue weighted by Crippen LogP contribution is -2.46. The van der Waals surface area contributed by atoms with Crippen molar-refractivity contribution in [3.05, 3.63) is 29.8 Å². The summed E-state index contributed by atoms with van der Waals surface area (Å²) in [5.41, 5.74) is 6.89. The number of carbonyl (C=O) groups is 3. The van der Waals surface area contributed by atoms with E-state index in [-0.39, 0.29) is 42.6 Å². The summed E-state index contributed by atoms with van der Waals surface area (Å²) in [5, 5.41) is 5.21. The summed E-state index contributed by atoms with van der Waals surface area (Å²) >= 11 is 0. The van der Waals surface area contributed by atoms with Crippen LogP contribution < -0.4 is 16.4 Å². The minimum atomic E-state index is -0.641. The number of hydrogen-bond donors (Lipinski definition) is 3. The van der Waals surface area contributed by atoms with E-state index in [1.807, 2.05) is 32.6 Å². The quantitative estimate of drug-likeness (QED) is 0.548. The molecule has 0 aromatic heterocycles. The standard InChI is InChI=1S/C20H32N4O3.ClH/c1-5-11-24(12-6-2)20(27)15-7-9-16(10-8-15)23-17(25)13-22-19(26)18(21)14(3)4;/h7-10,14,18H,5-6,11-13,21H2,1-4H3,(H,22,26)(H,23,25);1H/t18-;/m0./s1. The third-order valence-corrected chi connectivity index (χ3v) is 4.13. The van der Waals surface area contributed by atoms with Crippen LogP contribution in [0.4, 0.5) is 5.69 Å². The van der Waals surface area contributed by atoms with Crippen molar-refractivity contribution >= 4 is 35.8 Å². The maximum Gasteiger partial charge on any atom is 0.253 e. The van der Waals surface area contributed by atoms with Crippen molar-refractivity contribution < 1.29 is 14.4 Å². The van der Waals surface area contributed by atoms with E-state index >= 15 is 0 Å². The Balaban J connectivity index is 0.00000729. The zero-order chi connectivity index (χ0) is 20.4. The number of halogens is 1. The fraction of sp³-hybridized carbons (Fsp3) is 0.550. The van der Waals surface area contributed by atoms with E-state index in [0.717, 1.165) is 25.9 Å². The molecule has 8 heteroatoms. The maximum absolute atomic E-state index is 12.5. The molecule has 158 valence electrons. The molecule has 1 aromatic carbocycles. The molecule has 0 saturated carbocycles. The molecular formula is C20H33ClN4O3. The Kier molecular flexibility index (Phi) is 12.1. The van der Waals surface area contributed by atoms with Gasteiger partial charge in [0, 0.05) is 24.3 Å². The van der Waals surface area contributed by atoms with Gasteiger partial charge in [0.1, 0.15) is 0 Å². The number of anilines is 1. The molecule has 3 amide bonds. The van der Waals surface area contributed by atoms with Crippen LogP contribution in [0, 0.1) is 5.92 Å². The summed E-state index contributed by atoms with van der Waals surface area (Å²) in [4.78, 5) is 38.1. The molecule has 4 N–H and O–H groups in total. The lowest BCUT2D eigenvalue weighted by atomic mass is 10.1. The Morgan fingerprint density at radius 1 is 1.04 bits per heavy atom. The van der Waals surface area contributed by atoms with Gasteiger partial charge in [-0.1, -0.05) is 27.7 Å². The van der Waals surface area contributed by atoms with Crippen molar-refractivity contribution in [3.63, 3.8) is 0 Å². The predicted octanol–water partition coefficient (Wildman–Crippen LogP) is 2.41. The molecule has 0 saturated heterocycles. The normalized spacial score (nSPS) is 11.4. The van der Waals surface area contributed by atoms with Gasteiger partial charge in [-0.05, 0) is 43.0 Å². The number of amides is 3. The minimum Gasteiger partial charge on any atom is -0.346 e. The van der Waals surface area contributed by atoms with Crippen LogP contribution in [0.15, 0.2) is 24.3 Å². The van der Waals surface area contributed by atoms with Gasteiger partial charge in [0.15, 0.2) is 0 Å². The maximum atomic E-state index is 12.5. The van der Waals surface area contributed by atoms with Crippen LogP contribution in [0.2, 0.25) is 0 Å². The van der Waals surface area contributed by atoms with Crippen LogP contribution in [-0.2, 0) is 9.59 Å². The van der Waals surface area contributed by atoms with Crippen LogP contribution in [0.5, 0.6) is 0 Å². The van der Waals surface area contributed by atoms with Crippen molar-refractivity contribution in [3.8, 4) is 0 Å². The molecule has 0 aliphatic heterocycles. The Hall–Kier alpha value is -2.12. The molecule has 0 radical (unpaired) electrons. The second-order valence-corrected chi connectivity index (χ2v) is 6.91. The number of benzene rings is 1. The first kappa shape index (κ1) is 25.9. The van der Waals surface area contributed by atoms with Gasteiger partial charge in [0.25, 0.3) is 5.91 Å². The summed E-state index contributed by atoms with van der Waals surface area (Å²) in [7, 11) is 0. The molecule has 1 atom stereocenters. The van der Waals surface area contributed by atoms with E-state index in [9.17, 15) is 14.4 Å². The van der Waals surface area contributed by atoms with Gasteiger partial charge in [-0.15, -0.1) is 12.4 Å². The highest BCUT2D eigenvalue weighted by atomic mass is 35.5. The van der Waals surface area contributed by atoms with Gasteiger partial charge in [-0.2, -0.15) is 0 Å². The topological polar surface area (TPSA) is 105 Å². The zero-order valence-electron chi connectivity index (χ0n) is 17.2. The van der Waals surface area contributed by atoms with Crippen LogP contribution in [0.25, 0.3) is 0 Å². The van der Waals surface area contributed by atoms with Gasteiger partial charge in [-0.25, -0.2) is 0 Å². The number of nitrogens with one attached hydrogen (secondary N) is 2. The molecule has 0 fully saturated rings. The monoisotopic (exact) mass is 412 g/mol. The smallest absolute Gasteiger partial charge is 0.253 e. The van der Waals surface area contributed by atoms with Crippen LogP contribution in [0.1, 0.15) is 50.9 Å². The summed E-state index contributed by atoms with van der Waals surface area (Å²) in [6.07, 6.45) is 1.82. The number of nitrogens with two attached hydrogens (primary N) is 1. The number of hydrogen-bond acceptors (Lipinski definition) is 4. The first-order chi connectivity index (χ1) is 12.8. The molecular weight excluding hydrogens is 380 g/mol. The minimum absolute atomic E-state index is 0. The predicted molar refractivity (Wildman–Crippen MR) is 115 cm³/mol. The highest BCUT2D eigenvalue weighted by Crippen LogP contribution is 2.12. The SMILES string of the molecule is CCCN(CCC)C(=O)c1ccc(NC(=O)CNC(=O)[C@@H](N)C(C)C)cc1.Cl. The molecule has 0 spiro atoms. The van der Waals surface area contributed by atoms with Gasteiger partial charge in [-0.3, -0.25) is 14.4 Å². The molecule has 1 rings (SSSR count). The molecule has 0 aliphatic carbocycles. The largest absolute Gasteiger partial charge is 0.346 e. The van der Waals surface area contributed by atoms with Crippen molar-refractivity contribution in [2.75, 3.05) is 25.0 Å². The van der Waals surface area contributed by atoms with Gasteiger partial charge in [0.2, 0.25) is 11.8 Å². The number of rotatable bonds is 10. The lowest BCUT2D eigenvalue weighted by molar-refractivity contribution is -0.125. The van der Waals surface area contributed by atoms with E-state index in [0.29, 0.717) is 11.3 Å². The fourth-order valence-electron chi connectivity index (χ4n) is 2.53. The van der Waals surface area contributed by atoms with E-state index in [1.165, 1.54) is 0 Å². The number of nitrogens with zero attached hydrogens (tertiary/aromatic N) is 1. The van der Waals surface area contributed by atoms with Crippen molar-refractivity contribution in [2.24, 2.45) is 11.7 Å². The second kappa shape index (κ2) is 13.1. The van der Waals surface area contributed by atoms with E-state index in [4.69, 9.17) is 5.73 Å². The van der Waals surface area contributed by atoms with Crippen LogP contribution in [-0.4, -0.2) is 48.3 Å². The second-order valence-electron chi connectivity index (χ2n) is 6.91. The van der Waals surface area contributed by atoms with Crippen molar-refractivity contribution in [2.45, 2.75) is 46.6 Å². The summed E-state index contributed by atoms with van der Waals surface area (Å²) in [6, 6.07) is 6.12. The molecule has 0 unspecified atom stereocenters. The first-order valence-corrected chi connectivity index (χ1v) is 9.52. The molecule has 7 nitrogen and oxygen atoms in total. The van der Waals surface area contributed by atoms with Crippen LogP contribution in [0.3, 0.4) is 0 Å². The Morgan fingerprint density at radius 2 is 1.57 bits per heavy atom. The van der Waals surface area contributed by atoms with Crippen LogP contribution >= 0.6 is 12.4 Å². The van der Waals surface area contributed by atoms with Crippen molar-refractivity contribution in [1.29, 1.82) is 0 Å². The van der Waals surface area contributed by atoms with E-state index < -0.39 is 6.04 Å². The van der Waals surface area contributed by atoms with Gasteiger partial charge < -0.3 is 21.3 Å². The fourth-order valence-corrected chi connectivity index (χ4v) is 2.53. The first-order valence-electron chi connectivity index (χ1n) is 9.52. The highest BCUT2D eigenvalue weighted by Gasteiger charge is 2.18. The summed E-state index contributed by atoms with van der Waals surface area (Å²) in [5.74, 6) is -0.713. The van der Waals surface area contributed by atoms with E-state index in [2.05, 4.69) is 10.6 Å². The molecule has 28 heavy (non-hydrogen) atoms. The van der Waals surface area contributed by atoms with Crippen molar-refractivity contribution in [1.82, 2.24) is 10.2 Å². The van der Waals surface area contributed by atoms with Gasteiger partial charge >= 0.3 is 0 Å². The summed E-state index contributed by atoms with van der Waals surface area (Å²) < 4.78 is 0.